The van der Waals surface area contributed by atoms with Crippen molar-refractivity contribution >= 4 is 5.82 Å². The Kier molecular flexibility index (Phi) is 5.71. The van der Waals surface area contributed by atoms with Crippen molar-refractivity contribution in [2.75, 3.05) is 32.5 Å². The largest absolute Gasteiger partial charge is 0.387 e. The van der Waals surface area contributed by atoms with Gasteiger partial charge in [-0.1, -0.05) is 13.8 Å². The quantitative estimate of drug-likeness (QED) is 0.767. The predicted molar refractivity (Wildman–Crippen MR) is 81.0 cm³/mol. The molecule has 0 aliphatic heterocycles. The highest BCUT2D eigenvalue weighted by Gasteiger charge is 2.21. The lowest BCUT2D eigenvalue weighted by atomic mass is 10.1. The highest BCUT2D eigenvalue weighted by atomic mass is 16.3. The van der Waals surface area contributed by atoms with Gasteiger partial charge in [0.15, 0.2) is 5.82 Å². The summed E-state index contributed by atoms with van der Waals surface area (Å²) in [6.45, 7) is 7.29. The van der Waals surface area contributed by atoms with E-state index in [9.17, 15) is 9.90 Å². The van der Waals surface area contributed by atoms with Crippen molar-refractivity contribution in [2.24, 2.45) is 5.92 Å². The number of hydrogen-bond donors (Lipinski definition) is 2. The van der Waals surface area contributed by atoms with Crippen molar-refractivity contribution in [2.45, 2.75) is 32.9 Å². The first-order valence-corrected chi connectivity index (χ1v) is 6.88. The number of nitrogens with one attached hydrogen (secondary N) is 1. The summed E-state index contributed by atoms with van der Waals surface area (Å²) in [4.78, 5) is 18.1. The van der Waals surface area contributed by atoms with Gasteiger partial charge in [-0.15, -0.1) is 0 Å². The standard InChI is InChI=1S/C14H26N4O2/c1-11(2)8-18-7-6-15-12(13(18)19)16-9-14(3,20)10-17(4)5/h6-7,11,20H,8-10H2,1-5H3,(H,15,16). The third-order valence-electron chi connectivity index (χ3n) is 2.77. The van der Waals surface area contributed by atoms with Crippen molar-refractivity contribution < 1.29 is 5.11 Å². The monoisotopic (exact) mass is 282 g/mol. The van der Waals surface area contributed by atoms with Crippen LogP contribution in [-0.2, 0) is 6.54 Å². The second-order valence-electron chi connectivity index (χ2n) is 6.22. The molecule has 0 fully saturated rings. The molecule has 0 spiro atoms. The minimum Gasteiger partial charge on any atom is -0.387 e. The lowest BCUT2D eigenvalue weighted by molar-refractivity contribution is 0.0459. The molecule has 0 saturated heterocycles. The molecule has 0 radical (unpaired) electrons. The molecule has 1 unspecified atom stereocenters. The van der Waals surface area contributed by atoms with Crippen LogP contribution in [0.1, 0.15) is 20.8 Å². The molecule has 114 valence electrons. The fourth-order valence-corrected chi connectivity index (χ4v) is 2.12. The first-order valence-electron chi connectivity index (χ1n) is 6.88. The Balaban J connectivity index is 2.76. The summed E-state index contributed by atoms with van der Waals surface area (Å²) < 4.78 is 1.64. The van der Waals surface area contributed by atoms with Gasteiger partial charge in [0.2, 0.25) is 0 Å². The minimum absolute atomic E-state index is 0.151. The van der Waals surface area contributed by atoms with E-state index in [1.54, 1.807) is 23.9 Å². The summed E-state index contributed by atoms with van der Waals surface area (Å²) in [5.41, 5.74) is -1.07. The summed E-state index contributed by atoms with van der Waals surface area (Å²) in [6, 6.07) is 0. The van der Waals surface area contributed by atoms with E-state index in [-0.39, 0.29) is 17.9 Å². The zero-order valence-corrected chi connectivity index (χ0v) is 13.1. The molecule has 0 saturated carbocycles. The predicted octanol–water partition coefficient (Wildman–Crippen LogP) is 0.624. The summed E-state index contributed by atoms with van der Waals surface area (Å²) in [6.07, 6.45) is 3.29. The van der Waals surface area contributed by atoms with E-state index in [0.717, 1.165) is 0 Å². The van der Waals surface area contributed by atoms with Crippen molar-refractivity contribution in [3.8, 4) is 0 Å². The van der Waals surface area contributed by atoms with E-state index in [0.29, 0.717) is 19.0 Å². The Morgan fingerprint density at radius 2 is 2.15 bits per heavy atom. The third-order valence-corrected chi connectivity index (χ3v) is 2.77. The smallest absolute Gasteiger partial charge is 0.293 e. The first-order chi connectivity index (χ1) is 9.21. The summed E-state index contributed by atoms with van der Waals surface area (Å²) in [7, 11) is 3.79. The molecule has 20 heavy (non-hydrogen) atoms. The van der Waals surface area contributed by atoms with Gasteiger partial charge in [0, 0.05) is 32.0 Å². The number of likely N-dealkylation sites (N-methyl/N-ethyl adjacent to an activating group) is 1. The van der Waals surface area contributed by atoms with Crippen LogP contribution in [0.15, 0.2) is 17.2 Å². The van der Waals surface area contributed by atoms with E-state index < -0.39 is 5.60 Å². The van der Waals surface area contributed by atoms with Gasteiger partial charge in [0.05, 0.1) is 5.60 Å². The Morgan fingerprint density at radius 3 is 2.70 bits per heavy atom. The molecule has 1 rings (SSSR count). The maximum atomic E-state index is 12.2. The van der Waals surface area contributed by atoms with Gasteiger partial charge in [-0.2, -0.15) is 0 Å². The summed E-state index contributed by atoms with van der Waals surface area (Å²) >= 11 is 0. The van der Waals surface area contributed by atoms with Crippen molar-refractivity contribution in [1.82, 2.24) is 14.5 Å². The molecule has 0 aliphatic rings. The Bertz CT molecular complexity index is 480. The Morgan fingerprint density at radius 1 is 1.50 bits per heavy atom. The van der Waals surface area contributed by atoms with Gasteiger partial charge in [0.1, 0.15) is 0 Å². The highest BCUT2D eigenvalue weighted by molar-refractivity contribution is 5.31. The third kappa shape index (κ3) is 5.30. The fraction of sp³-hybridized carbons (Fsp3) is 0.714. The molecular formula is C14H26N4O2. The average Bonchev–Trinajstić information content (AvgIpc) is 2.28. The van der Waals surface area contributed by atoms with Crippen LogP contribution in [-0.4, -0.2) is 52.3 Å². The second kappa shape index (κ2) is 6.85. The molecule has 6 nitrogen and oxygen atoms in total. The number of rotatable bonds is 7. The number of aliphatic hydroxyl groups is 1. The van der Waals surface area contributed by atoms with Gasteiger partial charge in [-0.05, 0) is 26.9 Å². The molecule has 1 aromatic heterocycles. The van der Waals surface area contributed by atoms with E-state index >= 15 is 0 Å². The van der Waals surface area contributed by atoms with Crippen LogP contribution >= 0.6 is 0 Å². The Labute approximate surface area is 120 Å². The Hall–Kier alpha value is -1.40. The normalized spacial score (nSPS) is 14.6. The molecule has 0 amide bonds. The second-order valence-corrected chi connectivity index (χ2v) is 6.22. The summed E-state index contributed by atoms with van der Waals surface area (Å²) in [5, 5.41) is 13.2. The van der Waals surface area contributed by atoms with E-state index in [2.05, 4.69) is 24.1 Å². The van der Waals surface area contributed by atoms with Crippen LogP contribution < -0.4 is 10.9 Å². The van der Waals surface area contributed by atoms with Gasteiger partial charge in [0.25, 0.3) is 5.56 Å². The lowest BCUT2D eigenvalue weighted by Crippen LogP contribution is -2.44. The van der Waals surface area contributed by atoms with Crippen LogP contribution in [0.2, 0.25) is 0 Å². The van der Waals surface area contributed by atoms with Crippen LogP contribution in [0.25, 0.3) is 0 Å². The van der Waals surface area contributed by atoms with Crippen LogP contribution in [0.4, 0.5) is 5.82 Å². The topological polar surface area (TPSA) is 70.4 Å². The molecule has 1 heterocycles. The molecule has 2 N–H and O–H groups in total. The molecule has 1 aromatic rings. The maximum Gasteiger partial charge on any atom is 0.293 e. The zero-order chi connectivity index (χ0) is 15.3. The van der Waals surface area contributed by atoms with Crippen LogP contribution in [0, 0.1) is 5.92 Å². The number of aromatic nitrogens is 2. The van der Waals surface area contributed by atoms with Crippen LogP contribution in [0.3, 0.4) is 0 Å². The van der Waals surface area contributed by atoms with Gasteiger partial charge in [-0.25, -0.2) is 4.98 Å². The highest BCUT2D eigenvalue weighted by Crippen LogP contribution is 2.06. The molecule has 0 aromatic carbocycles. The minimum atomic E-state index is -0.920. The van der Waals surface area contributed by atoms with E-state index in [1.807, 2.05) is 19.0 Å². The van der Waals surface area contributed by atoms with E-state index in [4.69, 9.17) is 0 Å². The van der Waals surface area contributed by atoms with E-state index in [1.165, 1.54) is 0 Å². The lowest BCUT2D eigenvalue weighted by Gasteiger charge is -2.27. The van der Waals surface area contributed by atoms with Crippen LogP contribution in [0.5, 0.6) is 0 Å². The molecule has 1 atom stereocenters. The average molecular weight is 282 g/mol. The van der Waals surface area contributed by atoms with Crippen molar-refractivity contribution in [3.05, 3.63) is 22.7 Å². The fourth-order valence-electron chi connectivity index (χ4n) is 2.12. The zero-order valence-electron chi connectivity index (χ0n) is 13.1. The molecule has 0 bridgehead atoms. The van der Waals surface area contributed by atoms with Gasteiger partial charge >= 0.3 is 0 Å². The van der Waals surface area contributed by atoms with Crippen molar-refractivity contribution in [3.63, 3.8) is 0 Å². The molecular weight excluding hydrogens is 256 g/mol. The van der Waals surface area contributed by atoms with Gasteiger partial charge < -0.3 is 19.9 Å². The number of anilines is 1. The van der Waals surface area contributed by atoms with Crippen molar-refractivity contribution in [1.29, 1.82) is 0 Å². The first kappa shape index (κ1) is 16.7. The SMILES string of the molecule is CC(C)Cn1ccnc(NCC(C)(O)CN(C)C)c1=O. The number of hydrogen-bond acceptors (Lipinski definition) is 5. The number of nitrogens with zero attached hydrogens (tertiary/aromatic N) is 3. The summed E-state index contributed by atoms with van der Waals surface area (Å²) in [5.74, 6) is 0.673. The molecule has 0 aliphatic carbocycles. The molecule has 6 heteroatoms. The van der Waals surface area contributed by atoms with Gasteiger partial charge in [-0.3, -0.25) is 4.79 Å². The maximum absolute atomic E-state index is 12.2.